The number of fused-ring (bicyclic) bond motifs is 1. The maximum atomic E-state index is 11.8. The number of amides is 3. The summed E-state index contributed by atoms with van der Waals surface area (Å²) in [5.74, 6) is 1.92. The Morgan fingerprint density at radius 3 is 2.77 bits per heavy atom. The van der Waals surface area contributed by atoms with E-state index in [9.17, 15) is 9.59 Å². The van der Waals surface area contributed by atoms with Gasteiger partial charge in [0.25, 0.3) is 5.91 Å². The molecule has 9 heteroatoms. The van der Waals surface area contributed by atoms with Crippen molar-refractivity contribution in [1.29, 1.82) is 0 Å². The van der Waals surface area contributed by atoms with Crippen molar-refractivity contribution in [2.24, 2.45) is 0 Å². The Labute approximate surface area is 151 Å². The number of carbonyl (C=O) groups excluding carboxylic acids is 2. The highest BCUT2D eigenvalue weighted by Crippen LogP contribution is 2.14. The van der Waals surface area contributed by atoms with Crippen LogP contribution in [0.3, 0.4) is 0 Å². The summed E-state index contributed by atoms with van der Waals surface area (Å²) in [7, 11) is 0. The number of carbonyl (C=O) groups is 2. The van der Waals surface area contributed by atoms with Crippen molar-refractivity contribution in [1.82, 2.24) is 30.7 Å². The predicted molar refractivity (Wildman–Crippen MR) is 93.7 cm³/mol. The fraction of sp³-hybridized carbons (Fsp3) is 0.529. The van der Waals surface area contributed by atoms with Gasteiger partial charge in [0.05, 0.1) is 6.26 Å². The van der Waals surface area contributed by atoms with E-state index in [0.29, 0.717) is 26.1 Å². The van der Waals surface area contributed by atoms with Crippen molar-refractivity contribution in [2.75, 3.05) is 19.6 Å². The molecule has 0 aromatic carbocycles. The van der Waals surface area contributed by atoms with Gasteiger partial charge in [-0.15, -0.1) is 10.2 Å². The van der Waals surface area contributed by atoms with Crippen molar-refractivity contribution in [3.05, 3.63) is 35.8 Å². The van der Waals surface area contributed by atoms with Gasteiger partial charge < -0.3 is 24.9 Å². The van der Waals surface area contributed by atoms with Crippen LogP contribution in [0.25, 0.3) is 0 Å². The lowest BCUT2D eigenvalue weighted by Gasteiger charge is -2.09. The molecule has 2 aromatic heterocycles. The number of furan rings is 1. The van der Waals surface area contributed by atoms with Crippen LogP contribution in [-0.4, -0.2) is 46.3 Å². The molecule has 0 radical (unpaired) electrons. The first-order valence-electron chi connectivity index (χ1n) is 8.98. The van der Waals surface area contributed by atoms with Crippen molar-refractivity contribution in [3.63, 3.8) is 0 Å². The van der Waals surface area contributed by atoms with E-state index < -0.39 is 0 Å². The summed E-state index contributed by atoms with van der Waals surface area (Å²) in [5, 5.41) is 16.6. The van der Waals surface area contributed by atoms with Gasteiger partial charge in [0, 0.05) is 39.0 Å². The number of hydrogen-bond donors (Lipinski definition) is 3. The lowest BCUT2D eigenvalue weighted by atomic mass is 10.2. The number of hydrogen-bond acceptors (Lipinski definition) is 5. The van der Waals surface area contributed by atoms with Gasteiger partial charge >= 0.3 is 6.03 Å². The van der Waals surface area contributed by atoms with E-state index in [-0.39, 0.29) is 17.7 Å². The van der Waals surface area contributed by atoms with E-state index in [1.165, 1.54) is 12.7 Å². The molecular formula is C17H24N6O3. The van der Waals surface area contributed by atoms with Gasteiger partial charge in [-0.2, -0.15) is 0 Å². The third-order valence-corrected chi connectivity index (χ3v) is 4.26. The maximum absolute atomic E-state index is 11.8. The Balaban J connectivity index is 1.31. The van der Waals surface area contributed by atoms with Crippen LogP contribution in [0.2, 0.25) is 0 Å². The van der Waals surface area contributed by atoms with Crippen LogP contribution in [0.1, 0.15) is 41.5 Å². The molecule has 3 heterocycles. The van der Waals surface area contributed by atoms with Gasteiger partial charge in [0.2, 0.25) is 0 Å². The SMILES string of the molecule is O=C(NCCNC(=O)c1ccco1)NCCc1nnc2n1CCCCC2. The van der Waals surface area contributed by atoms with Gasteiger partial charge in [0.15, 0.2) is 5.76 Å². The fourth-order valence-corrected chi connectivity index (χ4v) is 2.93. The summed E-state index contributed by atoms with van der Waals surface area (Å²) in [6.45, 7) is 2.10. The number of aromatic nitrogens is 3. The third-order valence-electron chi connectivity index (χ3n) is 4.26. The van der Waals surface area contributed by atoms with Crippen LogP contribution in [0.4, 0.5) is 4.79 Å². The molecule has 0 fully saturated rings. The first-order chi connectivity index (χ1) is 12.7. The van der Waals surface area contributed by atoms with E-state index in [1.54, 1.807) is 12.1 Å². The number of urea groups is 1. The van der Waals surface area contributed by atoms with Crippen molar-refractivity contribution in [2.45, 2.75) is 38.6 Å². The van der Waals surface area contributed by atoms with E-state index in [0.717, 1.165) is 37.5 Å². The van der Waals surface area contributed by atoms with Crippen LogP contribution in [-0.2, 0) is 19.4 Å². The minimum Gasteiger partial charge on any atom is -0.459 e. The molecule has 1 aliphatic rings. The second-order valence-electron chi connectivity index (χ2n) is 6.16. The van der Waals surface area contributed by atoms with Crippen LogP contribution in [0, 0.1) is 0 Å². The molecule has 0 unspecified atom stereocenters. The average Bonchev–Trinajstić information content (AvgIpc) is 3.24. The molecule has 0 spiro atoms. The second kappa shape index (κ2) is 9.02. The molecule has 0 saturated carbocycles. The molecule has 2 aromatic rings. The second-order valence-corrected chi connectivity index (χ2v) is 6.16. The van der Waals surface area contributed by atoms with E-state index in [2.05, 4.69) is 30.7 Å². The summed E-state index contributed by atoms with van der Waals surface area (Å²) in [6.07, 6.45) is 6.60. The van der Waals surface area contributed by atoms with Crippen LogP contribution >= 0.6 is 0 Å². The molecule has 9 nitrogen and oxygen atoms in total. The highest BCUT2D eigenvalue weighted by atomic mass is 16.3. The Bertz CT molecular complexity index is 725. The van der Waals surface area contributed by atoms with Gasteiger partial charge in [-0.3, -0.25) is 4.79 Å². The van der Waals surface area contributed by atoms with Crippen molar-refractivity contribution in [3.8, 4) is 0 Å². The minimum absolute atomic E-state index is 0.252. The Kier molecular flexibility index (Phi) is 6.24. The fourth-order valence-electron chi connectivity index (χ4n) is 2.93. The summed E-state index contributed by atoms with van der Waals surface area (Å²) in [4.78, 5) is 23.4. The van der Waals surface area contributed by atoms with E-state index in [4.69, 9.17) is 4.42 Å². The molecule has 0 atom stereocenters. The Morgan fingerprint density at radius 1 is 1.08 bits per heavy atom. The number of aryl methyl sites for hydroxylation is 1. The lowest BCUT2D eigenvalue weighted by molar-refractivity contribution is 0.0926. The maximum Gasteiger partial charge on any atom is 0.314 e. The minimum atomic E-state index is -0.301. The smallest absolute Gasteiger partial charge is 0.314 e. The van der Waals surface area contributed by atoms with Gasteiger partial charge in [0.1, 0.15) is 11.6 Å². The molecule has 3 N–H and O–H groups in total. The number of nitrogens with zero attached hydrogens (tertiary/aromatic N) is 3. The summed E-state index contributed by atoms with van der Waals surface area (Å²) < 4.78 is 7.16. The zero-order valence-electron chi connectivity index (χ0n) is 14.7. The van der Waals surface area contributed by atoms with Gasteiger partial charge in [-0.25, -0.2) is 4.79 Å². The zero-order chi connectivity index (χ0) is 18.2. The van der Waals surface area contributed by atoms with Gasteiger partial charge in [-0.05, 0) is 25.0 Å². The van der Waals surface area contributed by atoms with Crippen molar-refractivity contribution >= 4 is 11.9 Å². The number of rotatable bonds is 7. The monoisotopic (exact) mass is 360 g/mol. The number of nitrogens with one attached hydrogen (secondary N) is 3. The highest BCUT2D eigenvalue weighted by Gasteiger charge is 2.14. The lowest BCUT2D eigenvalue weighted by Crippen LogP contribution is -2.41. The molecule has 26 heavy (non-hydrogen) atoms. The Morgan fingerprint density at radius 2 is 1.92 bits per heavy atom. The first kappa shape index (κ1) is 18.0. The van der Waals surface area contributed by atoms with Crippen LogP contribution in [0.15, 0.2) is 22.8 Å². The van der Waals surface area contributed by atoms with Crippen LogP contribution < -0.4 is 16.0 Å². The van der Waals surface area contributed by atoms with Gasteiger partial charge in [-0.1, -0.05) is 6.42 Å². The molecule has 0 aliphatic carbocycles. The molecule has 3 amide bonds. The molecule has 140 valence electrons. The normalized spacial score (nSPS) is 13.5. The predicted octanol–water partition coefficient (Wildman–Crippen LogP) is 0.869. The summed E-state index contributed by atoms with van der Waals surface area (Å²) in [5.41, 5.74) is 0. The molecular weight excluding hydrogens is 336 g/mol. The molecule has 3 rings (SSSR count). The standard InChI is InChI=1S/C17H24N6O3/c24-16(13-5-4-12-26-13)18-9-10-20-17(25)19-8-7-15-22-21-14-6-2-1-3-11-23(14)15/h4-5,12H,1-3,6-11H2,(H,18,24)(H2,19,20,25). The van der Waals surface area contributed by atoms with Crippen LogP contribution in [0.5, 0.6) is 0 Å². The largest absolute Gasteiger partial charge is 0.459 e. The quantitative estimate of drug-likeness (QED) is 0.634. The summed E-state index contributed by atoms with van der Waals surface area (Å²) in [6, 6.07) is 2.96. The Hall–Kier alpha value is -2.84. The summed E-state index contributed by atoms with van der Waals surface area (Å²) >= 11 is 0. The average molecular weight is 360 g/mol. The third kappa shape index (κ3) is 4.84. The highest BCUT2D eigenvalue weighted by molar-refractivity contribution is 5.91. The van der Waals surface area contributed by atoms with Crippen molar-refractivity contribution < 1.29 is 14.0 Å². The molecule has 0 saturated heterocycles. The molecule has 0 bridgehead atoms. The first-order valence-corrected chi connectivity index (χ1v) is 8.98. The topological polar surface area (TPSA) is 114 Å². The molecule has 1 aliphatic heterocycles. The van der Waals surface area contributed by atoms with E-state index in [1.807, 2.05) is 0 Å². The zero-order valence-corrected chi connectivity index (χ0v) is 14.7. The van der Waals surface area contributed by atoms with E-state index >= 15 is 0 Å².